The molecule has 2 atom stereocenters. The molecule has 0 aliphatic heterocycles. The van der Waals surface area contributed by atoms with Crippen molar-refractivity contribution in [3.8, 4) is 0 Å². The Morgan fingerprint density at radius 3 is 2.57 bits per heavy atom. The van der Waals surface area contributed by atoms with Crippen molar-refractivity contribution in [2.45, 2.75) is 32.7 Å². The zero-order valence-electron chi connectivity index (χ0n) is 8.53. The van der Waals surface area contributed by atoms with Gasteiger partial charge in [0.05, 0.1) is 5.92 Å². The van der Waals surface area contributed by atoms with Crippen LogP contribution in [0.1, 0.15) is 26.7 Å². The summed E-state index contributed by atoms with van der Waals surface area (Å²) in [5.41, 5.74) is 5.32. The highest BCUT2D eigenvalue weighted by Gasteiger charge is 2.30. The van der Waals surface area contributed by atoms with E-state index in [-0.39, 0.29) is 17.8 Å². The molecule has 1 fully saturated rings. The third-order valence-corrected chi connectivity index (χ3v) is 2.65. The number of rotatable bonds is 4. The van der Waals surface area contributed by atoms with Crippen molar-refractivity contribution in [3.63, 3.8) is 0 Å². The Kier molecular flexibility index (Phi) is 3.33. The van der Waals surface area contributed by atoms with Gasteiger partial charge < -0.3 is 16.3 Å². The molecule has 0 radical (unpaired) electrons. The topological polar surface area (TPSA) is 87.7 Å². The number of carbonyl (C=O) groups excluding carboxylic acids is 1. The van der Waals surface area contributed by atoms with Gasteiger partial charge >= 0.3 is 0 Å². The predicted octanol–water partition coefficient (Wildman–Crippen LogP) is 0.284. The van der Waals surface area contributed by atoms with Crippen molar-refractivity contribution in [1.82, 2.24) is 5.32 Å². The minimum Gasteiger partial charge on any atom is -0.409 e. The summed E-state index contributed by atoms with van der Waals surface area (Å²) < 4.78 is 0. The summed E-state index contributed by atoms with van der Waals surface area (Å²) in [7, 11) is 0. The van der Waals surface area contributed by atoms with E-state index in [4.69, 9.17) is 10.9 Å². The van der Waals surface area contributed by atoms with Crippen LogP contribution < -0.4 is 11.1 Å². The average Bonchev–Trinajstić information content (AvgIpc) is 2.98. The summed E-state index contributed by atoms with van der Waals surface area (Å²) in [4.78, 5) is 11.5. The van der Waals surface area contributed by atoms with E-state index in [0.29, 0.717) is 5.92 Å². The van der Waals surface area contributed by atoms with Crippen molar-refractivity contribution < 1.29 is 10.0 Å². The number of nitrogens with one attached hydrogen (secondary N) is 1. The zero-order chi connectivity index (χ0) is 10.7. The molecular formula is C9H17N3O2. The molecule has 0 saturated heterocycles. The van der Waals surface area contributed by atoms with E-state index in [2.05, 4.69) is 10.5 Å². The summed E-state index contributed by atoms with van der Waals surface area (Å²) in [5.74, 6) is -0.190. The first-order chi connectivity index (χ1) is 6.56. The van der Waals surface area contributed by atoms with Gasteiger partial charge in [-0.2, -0.15) is 0 Å². The van der Waals surface area contributed by atoms with Gasteiger partial charge in [-0.15, -0.1) is 0 Å². The van der Waals surface area contributed by atoms with Crippen molar-refractivity contribution in [3.05, 3.63) is 0 Å². The van der Waals surface area contributed by atoms with Gasteiger partial charge in [-0.05, 0) is 32.6 Å². The van der Waals surface area contributed by atoms with Crippen LogP contribution in [-0.4, -0.2) is 23.0 Å². The highest BCUT2D eigenvalue weighted by atomic mass is 16.4. The molecule has 0 aromatic heterocycles. The fourth-order valence-corrected chi connectivity index (χ4v) is 1.28. The SMILES string of the molecule is CC(C(=O)NC(C)C1CC1)C(N)=NO. The van der Waals surface area contributed by atoms with Gasteiger partial charge in [0.25, 0.3) is 0 Å². The smallest absolute Gasteiger partial charge is 0.230 e. The van der Waals surface area contributed by atoms with Crippen molar-refractivity contribution >= 4 is 11.7 Å². The number of hydrogen-bond acceptors (Lipinski definition) is 3. The molecule has 1 saturated carbocycles. The molecule has 4 N–H and O–H groups in total. The first-order valence-electron chi connectivity index (χ1n) is 4.84. The number of hydrogen-bond donors (Lipinski definition) is 3. The van der Waals surface area contributed by atoms with Gasteiger partial charge in [0.15, 0.2) is 5.84 Å². The van der Waals surface area contributed by atoms with Crippen LogP contribution in [0.5, 0.6) is 0 Å². The molecule has 0 heterocycles. The second kappa shape index (κ2) is 4.30. The highest BCUT2D eigenvalue weighted by Crippen LogP contribution is 2.32. The van der Waals surface area contributed by atoms with Crippen molar-refractivity contribution in [2.75, 3.05) is 0 Å². The van der Waals surface area contributed by atoms with Crippen LogP contribution in [0.25, 0.3) is 0 Å². The van der Waals surface area contributed by atoms with Crippen LogP contribution in [0.4, 0.5) is 0 Å². The van der Waals surface area contributed by atoms with E-state index in [9.17, 15) is 4.79 Å². The number of amides is 1. The van der Waals surface area contributed by atoms with Crippen LogP contribution in [0, 0.1) is 11.8 Å². The van der Waals surface area contributed by atoms with Crippen molar-refractivity contribution in [2.24, 2.45) is 22.7 Å². The van der Waals surface area contributed by atoms with Gasteiger partial charge in [-0.3, -0.25) is 4.79 Å². The number of nitrogens with zero attached hydrogens (tertiary/aromatic N) is 1. The molecule has 1 amide bonds. The molecule has 0 aromatic rings. The molecule has 1 rings (SSSR count). The minimum atomic E-state index is -0.568. The number of amidine groups is 1. The maximum absolute atomic E-state index is 11.5. The quantitative estimate of drug-likeness (QED) is 0.263. The van der Waals surface area contributed by atoms with Gasteiger partial charge in [-0.1, -0.05) is 5.16 Å². The first-order valence-corrected chi connectivity index (χ1v) is 4.84. The molecule has 80 valence electrons. The average molecular weight is 199 g/mol. The Labute approximate surface area is 83.3 Å². The molecule has 14 heavy (non-hydrogen) atoms. The van der Waals surface area contributed by atoms with Crippen molar-refractivity contribution in [1.29, 1.82) is 0 Å². The van der Waals surface area contributed by atoms with E-state index < -0.39 is 5.92 Å². The summed E-state index contributed by atoms with van der Waals surface area (Å²) in [6, 6.07) is 0.191. The van der Waals surface area contributed by atoms with E-state index in [1.807, 2.05) is 6.92 Å². The largest absolute Gasteiger partial charge is 0.409 e. The number of oxime groups is 1. The monoisotopic (exact) mass is 199 g/mol. The molecule has 1 aliphatic carbocycles. The first kappa shape index (κ1) is 10.8. The molecular weight excluding hydrogens is 182 g/mol. The predicted molar refractivity (Wildman–Crippen MR) is 52.9 cm³/mol. The lowest BCUT2D eigenvalue weighted by Gasteiger charge is -2.16. The Balaban J connectivity index is 2.40. The van der Waals surface area contributed by atoms with E-state index in [1.165, 1.54) is 12.8 Å². The molecule has 0 spiro atoms. The Morgan fingerprint density at radius 2 is 2.14 bits per heavy atom. The maximum atomic E-state index is 11.5. The number of carbonyl (C=O) groups is 1. The molecule has 1 aliphatic rings. The molecule has 0 bridgehead atoms. The molecule has 5 heteroatoms. The van der Waals surface area contributed by atoms with E-state index in [1.54, 1.807) is 6.92 Å². The molecule has 5 nitrogen and oxygen atoms in total. The van der Waals surface area contributed by atoms with Crippen LogP contribution in [0.15, 0.2) is 5.16 Å². The van der Waals surface area contributed by atoms with Crippen LogP contribution in [0.3, 0.4) is 0 Å². The lowest BCUT2D eigenvalue weighted by atomic mass is 10.1. The summed E-state index contributed by atoms with van der Waals surface area (Å²) in [6.07, 6.45) is 2.36. The lowest BCUT2D eigenvalue weighted by Crippen LogP contribution is -2.42. The van der Waals surface area contributed by atoms with Gasteiger partial charge in [0.2, 0.25) is 5.91 Å². The van der Waals surface area contributed by atoms with Gasteiger partial charge in [0.1, 0.15) is 0 Å². The van der Waals surface area contributed by atoms with Crippen LogP contribution in [0.2, 0.25) is 0 Å². The summed E-state index contributed by atoms with van der Waals surface area (Å²) in [5, 5.41) is 14.0. The second-order valence-electron chi connectivity index (χ2n) is 3.88. The zero-order valence-corrected chi connectivity index (χ0v) is 8.53. The van der Waals surface area contributed by atoms with Gasteiger partial charge in [0, 0.05) is 6.04 Å². The minimum absolute atomic E-state index is 0.0505. The summed E-state index contributed by atoms with van der Waals surface area (Å²) >= 11 is 0. The van der Waals surface area contributed by atoms with E-state index in [0.717, 1.165) is 0 Å². The normalized spacial score (nSPS) is 21.4. The van der Waals surface area contributed by atoms with Crippen LogP contribution >= 0.6 is 0 Å². The highest BCUT2D eigenvalue weighted by molar-refractivity contribution is 6.01. The Hall–Kier alpha value is -1.26. The standard InChI is InChI=1S/C9H17N3O2/c1-5(8(10)12-14)9(13)11-6(2)7-3-4-7/h5-7,14H,3-4H2,1-2H3,(H2,10,12)(H,11,13). The third-order valence-electron chi connectivity index (χ3n) is 2.65. The second-order valence-corrected chi connectivity index (χ2v) is 3.88. The maximum Gasteiger partial charge on any atom is 0.230 e. The Bertz CT molecular complexity index is 248. The van der Waals surface area contributed by atoms with Crippen LogP contribution in [-0.2, 0) is 4.79 Å². The van der Waals surface area contributed by atoms with E-state index >= 15 is 0 Å². The lowest BCUT2D eigenvalue weighted by molar-refractivity contribution is -0.123. The van der Waals surface area contributed by atoms with Gasteiger partial charge in [-0.25, -0.2) is 0 Å². The molecule has 2 unspecified atom stereocenters. The fraction of sp³-hybridized carbons (Fsp3) is 0.778. The number of nitrogens with two attached hydrogens (primary N) is 1. The summed E-state index contributed by atoms with van der Waals surface area (Å²) in [6.45, 7) is 3.60. The molecule has 0 aromatic carbocycles. The fourth-order valence-electron chi connectivity index (χ4n) is 1.28. The Morgan fingerprint density at radius 1 is 1.57 bits per heavy atom. The third kappa shape index (κ3) is 2.61.